The number of hydrogen-bond acceptors (Lipinski definition) is 1. The van der Waals surface area contributed by atoms with Crippen molar-refractivity contribution >= 4 is 15.9 Å². The second-order valence-corrected chi connectivity index (χ2v) is 4.13. The second-order valence-electron chi connectivity index (χ2n) is 3.28. The molecule has 2 rings (SSSR count). The zero-order valence-corrected chi connectivity index (χ0v) is 8.07. The summed E-state index contributed by atoms with van der Waals surface area (Å²) in [5.41, 5.74) is 6.57. The van der Waals surface area contributed by atoms with Crippen molar-refractivity contribution in [1.82, 2.24) is 0 Å². The van der Waals surface area contributed by atoms with Crippen molar-refractivity contribution in [3.63, 3.8) is 0 Å². The molecular formula is C9H9BrFN. The van der Waals surface area contributed by atoms with Crippen LogP contribution in [0.5, 0.6) is 0 Å². The first-order valence-electron chi connectivity index (χ1n) is 3.86. The maximum absolute atomic E-state index is 12.8. The molecule has 1 aliphatic carbocycles. The van der Waals surface area contributed by atoms with Crippen LogP contribution in [0.2, 0.25) is 0 Å². The van der Waals surface area contributed by atoms with Crippen LogP contribution in [-0.4, -0.2) is 0 Å². The van der Waals surface area contributed by atoms with E-state index in [-0.39, 0.29) is 11.4 Å². The third-order valence-electron chi connectivity index (χ3n) is 2.25. The van der Waals surface area contributed by atoms with Crippen molar-refractivity contribution in [3.05, 3.63) is 34.1 Å². The average molecular weight is 230 g/mol. The highest BCUT2D eigenvalue weighted by Crippen LogP contribution is 2.45. The summed E-state index contributed by atoms with van der Waals surface area (Å²) in [5.74, 6) is -0.218. The predicted molar refractivity (Wildman–Crippen MR) is 49.2 cm³/mol. The van der Waals surface area contributed by atoms with E-state index >= 15 is 0 Å². The van der Waals surface area contributed by atoms with Gasteiger partial charge in [0.2, 0.25) is 0 Å². The number of nitrogens with two attached hydrogens (primary N) is 1. The van der Waals surface area contributed by atoms with Gasteiger partial charge in [0.05, 0.1) is 0 Å². The molecule has 2 N–H and O–H groups in total. The molecule has 0 heterocycles. The van der Waals surface area contributed by atoms with Crippen LogP contribution < -0.4 is 5.73 Å². The number of rotatable bonds is 1. The second kappa shape index (κ2) is 2.54. The van der Waals surface area contributed by atoms with Crippen molar-refractivity contribution in [2.45, 2.75) is 18.4 Å². The van der Waals surface area contributed by atoms with Gasteiger partial charge in [0, 0.05) is 10.0 Å². The van der Waals surface area contributed by atoms with Crippen LogP contribution >= 0.6 is 15.9 Å². The summed E-state index contributed by atoms with van der Waals surface area (Å²) >= 11 is 3.36. The normalized spacial score (nSPS) is 19.2. The van der Waals surface area contributed by atoms with E-state index in [2.05, 4.69) is 15.9 Å². The quantitative estimate of drug-likeness (QED) is 0.788. The van der Waals surface area contributed by atoms with Crippen molar-refractivity contribution < 1.29 is 4.39 Å². The molecule has 0 unspecified atom stereocenters. The Morgan fingerprint density at radius 3 is 2.67 bits per heavy atom. The molecule has 1 saturated carbocycles. The molecule has 0 amide bonds. The fraction of sp³-hybridized carbons (Fsp3) is 0.333. The molecule has 0 bridgehead atoms. The van der Waals surface area contributed by atoms with Crippen molar-refractivity contribution in [3.8, 4) is 0 Å². The lowest BCUT2D eigenvalue weighted by Crippen LogP contribution is -2.19. The molecule has 64 valence electrons. The van der Waals surface area contributed by atoms with E-state index in [4.69, 9.17) is 5.73 Å². The lowest BCUT2D eigenvalue weighted by atomic mass is 10.1. The van der Waals surface area contributed by atoms with Crippen LogP contribution in [0.4, 0.5) is 4.39 Å². The molecule has 0 saturated heterocycles. The van der Waals surface area contributed by atoms with E-state index in [1.165, 1.54) is 12.1 Å². The van der Waals surface area contributed by atoms with E-state index in [9.17, 15) is 4.39 Å². The SMILES string of the molecule is NC1(c2cc(F)ccc2Br)CC1. The van der Waals surface area contributed by atoms with Gasteiger partial charge >= 0.3 is 0 Å². The Morgan fingerprint density at radius 1 is 1.42 bits per heavy atom. The molecule has 0 spiro atoms. The van der Waals surface area contributed by atoms with Gasteiger partial charge in [-0.25, -0.2) is 4.39 Å². The maximum Gasteiger partial charge on any atom is 0.123 e. The van der Waals surface area contributed by atoms with Crippen LogP contribution in [0.25, 0.3) is 0 Å². The van der Waals surface area contributed by atoms with E-state index in [1.54, 1.807) is 6.07 Å². The number of hydrogen-bond donors (Lipinski definition) is 1. The molecule has 1 nitrogen and oxygen atoms in total. The first-order chi connectivity index (χ1) is 5.62. The molecule has 12 heavy (non-hydrogen) atoms. The summed E-state index contributed by atoms with van der Waals surface area (Å²) in [5, 5.41) is 0. The van der Waals surface area contributed by atoms with E-state index < -0.39 is 0 Å². The summed E-state index contributed by atoms with van der Waals surface area (Å²) in [4.78, 5) is 0. The topological polar surface area (TPSA) is 26.0 Å². The first-order valence-corrected chi connectivity index (χ1v) is 4.65. The largest absolute Gasteiger partial charge is 0.321 e. The lowest BCUT2D eigenvalue weighted by molar-refractivity contribution is 0.617. The van der Waals surface area contributed by atoms with Crippen molar-refractivity contribution in [2.75, 3.05) is 0 Å². The third-order valence-corrected chi connectivity index (χ3v) is 2.94. The molecule has 1 aromatic carbocycles. The van der Waals surface area contributed by atoms with Crippen molar-refractivity contribution in [1.29, 1.82) is 0 Å². The maximum atomic E-state index is 12.8. The zero-order chi connectivity index (χ0) is 8.77. The minimum Gasteiger partial charge on any atom is -0.321 e. The molecule has 1 fully saturated rings. The van der Waals surface area contributed by atoms with Gasteiger partial charge in [-0.05, 0) is 36.6 Å². The van der Waals surface area contributed by atoms with Crippen LogP contribution in [-0.2, 0) is 5.54 Å². The summed E-state index contributed by atoms with van der Waals surface area (Å²) in [6, 6.07) is 4.65. The fourth-order valence-corrected chi connectivity index (χ4v) is 1.92. The monoisotopic (exact) mass is 229 g/mol. The van der Waals surface area contributed by atoms with E-state index in [0.717, 1.165) is 22.9 Å². The minimum atomic E-state index is -0.263. The van der Waals surface area contributed by atoms with Gasteiger partial charge in [-0.15, -0.1) is 0 Å². The molecule has 0 radical (unpaired) electrons. The van der Waals surface area contributed by atoms with Gasteiger partial charge in [0.15, 0.2) is 0 Å². The van der Waals surface area contributed by atoms with Gasteiger partial charge in [-0.3, -0.25) is 0 Å². The fourth-order valence-electron chi connectivity index (χ4n) is 1.28. The van der Waals surface area contributed by atoms with Gasteiger partial charge in [0.25, 0.3) is 0 Å². The Bertz CT molecular complexity index is 320. The summed E-state index contributed by atoms with van der Waals surface area (Å²) in [7, 11) is 0. The highest BCUT2D eigenvalue weighted by molar-refractivity contribution is 9.10. The number of benzene rings is 1. The summed E-state index contributed by atoms with van der Waals surface area (Å²) < 4.78 is 13.7. The molecule has 0 aliphatic heterocycles. The molecule has 1 aliphatic rings. The van der Waals surface area contributed by atoms with Gasteiger partial charge in [-0.1, -0.05) is 15.9 Å². The van der Waals surface area contributed by atoms with Crippen LogP contribution in [0.1, 0.15) is 18.4 Å². The Labute approximate surface area is 78.9 Å². The molecular weight excluding hydrogens is 221 g/mol. The van der Waals surface area contributed by atoms with Gasteiger partial charge < -0.3 is 5.73 Å². The average Bonchev–Trinajstić information content (AvgIpc) is 2.75. The van der Waals surface area contributed by atoms with Crippen LogP contribution in [0.3, 0.4) is 0 Å². The van der Waals surface area contributed by atoms with Gasteiger partial charge in [-0.2, -0.15) is 0 Å². The highest BCUT2D eigenvalue weighted by Gasteiger charge is 2.41. The smallest absolute Gasteiger partial charge is 0.123 e. The standard InChI is InChI=1S/C9H9BrFN/c10-8-2-1-6(11)5-7(8)9(12)3-4-9/h1-2,5H,3-4,12H2. The first kappa shape index (κ1) is 8.20. The van der Waals surface area contributed by atoms with Crippen LogP contribution in [0.15, 0.2) is 22.7 Å². The zero-order valence-electron chi connectivity index (χ0n) is 6.48. The molecule has 3 heteroatoms. The van der Waals surface area contributed by atoms with E-state index in [0.29, 0.717) is 0 Å². The predicted octanol–water partition coefficient (Wildman–Crippen LogP) is 2.54. The third kappa shape index (κ3) is 1.27. The highest BCUT2D eigenvalue weighted by atomic mass is 79.9. The number of halogens is 2. The molecule has 0 atom stereocenters. The molecule has 1 aromatic rings. The Kier molecular flexibility index (Phi) is 1.73. The summed E-state index contributed by atoms with van der Waals surface area (Å²) in [6.07, 6.45) is 1.91. The van der Waals surface area contributed by atoms with E-state index in [1.807, 2.05) is 0 Å². The minimum absolute atomic E-state index is 0.218. The van der Waals surface area contributed by atoms with Crippen molar-refractivity contribution in [2.24, 2.45) is 5.73 Å². The lowest BCUT2D eigenvalue weighted by Gasteiger charge is -2.10. The Morgan fingerprint density at radius 2 is 2.08 bits per heavy atom. The van der Waals surface area contributed by atoms with Crippen LogP contribution in [0, 0.1) is 5.82 Å². The Balaban J connectivity index is 2.48. The van der Waals surface area contributed by atoms with Gasteiger partial charge in [0.1, 0.15) is 5.82 Å². The summed E-state index contributed by atoms with van der Waals surface area (Å²) in [6.45, 7) is 0. The molecule has 0 aromatic heterocycles. The Hall–Kier alpha value is -0.410.